The third-order valence-corrected chi connectivity index (χ3v) is 23.6. The molecule has 69 heavy (non-hydrogen) atoms. The minimum Gasteiger partial charge on any atom is -0.376 e. The fourth-order valence-electron chi connectivity index (χ4n) is 9.20. The Morgan fingerprint density at radius 1 is 0.348 bits per heavy atom. The van der Waals surface area contributed by atoms with Crippen molar-refractivity contribution in [2.24, 2.45) is 0 Å². The van der Waals surface area contributed by atoms with E-state index in [9.17, 15) is 0 Å². The minimum absolute atomic E-state index is 0.0000608. The summed E-state index contributed by atoms with van der Waals surface area (Å²) in [5.41, 5.74) is 0. The monoisotopic (exact) mass is 1090 g/mol. The van der Waals surface area contributed by atoms with E-state index < -0.39 is 21.3 Å². The summed E-state index contributed by atoms with van der Waals surface area (Å²) in [5.74, 6) is 0.787. The number of hydrogen-bond donors (Lipinski definition) is 4. The second-order valence-corrected chi connectivity index (χ2v) is 30.5. The Kier molecular flexibility index (Phi) is 58.8. The number of hydrogen-bond acceptors (Lipinski definition) is 10. The van der Waals surface area contributed by atoms with Crippen LogP contribution < -0.4 is 0 Å². The molecule has 0 spiro atoms. The van der Waals surface area contributed by atoms with Crippen LogP contribution in [0.25, 0.3) is 0 Å². The van der Waals surface area contributed by atoms with E-state index in [0.29, 0.717) is 6.42 Å². The molecule has 0 aliphatic carbocycles. The second-order valence-electron chi connectivity index (χ2n) is 20.3. The Balaban J connectivity index is 0. The van der Waals surface area contributed by atoms with Gasteiger partial charge in [-0.1, -0.05) is 278 Å². The zero-order valence-electron chi connectivity index (χ0n) is 47.3. The SMILES string of the molecule is CCC(S)(S)[Si](OC)(OC)OC.CCCCCCCCCCCCCCCCO[Si](OCCCCCCCCCCCCCCCC)(OCCCCCCCCCCCCCCCC)C(S)CCS. The molecule has 0 fully saturated rings. The largest absolute Gasteiger partial charge is 0.527 e. The molecule has 0 aliphatic heterocycles. The summed E-state index contributed by atoms with van der Waals surface area (Å²) >= 11 is 18.4. The van der Waals surface area contributed by atoms with Crippen molar-refractivity contribution in [3.05, 3.63) is 0 Å². The maximum atomic E-state index is 6.77. The molecule has 0 N–H and O–H groups in total. The van der Waals surface area contributed by atoms with Gasteiger partial charge < -0.3 is 26.6 Å². The van der Waals surface area contributed by atoms with Gasteiger partial charge in [-0.25, -0.2) is 0 Å². The molecule has 0 radical (unpaired) electrons. The molecule has 0 saturated carbocycles. The molecule has 12 heteroatoms. The van der Waals surface area contributed by atoms with Crippen molar-refractivity contribution in [1.82, 2.24) is 0 Å². The first-order valence-electron chi connectivity index (χ1n) is 30.0. The smallest absolute Gasteiger partial charge is 0.376 e. The van der Waals surface area contributed by atoms with E-state index in [1.165, 1.54) is 250 Å². The molecule has 0 aliphatic rings. The molecule has 0 amide bonds. The van der Waals surface area contributed by atoms with Gasteiger partial charge in [-0.2, -0.15) is 50.5 Å². The lowest BCUT2D eigenvalue weighted by Crippen LogP contribution is -2.57. The van der Waals surface area contributed by atoms with Gasteiger partial charge in [0.15, 0.2) is 0 Å². The molecule has 0 aromatic carbocycles. The van der Waals surface area contributed by atoms with Crippen LogP contribution in [0.5, 0.6) is 0 Å². The van der Waals surface area contributed by atoms with Crippen molar-refractivity contribution < 1.29 is 26.6 Å². The highest BCUT2D eigenvalue weighted by molar-refractivity contribution is 8.03. The number of rotatable bonds is 56. The number of thiol groups is 4. The van der Waals surface area contributed by atoms with E-state index in [4.69, 9.17) is 39.2 Å². The van der Waals surface area contributed by atoms with Crippen molar-refractivity contribution >= 4 is 68.1 Å². The third kappa shape index (κ3) is 43.4. The molecule has 0 aromatic rings. The Labute approximate surface area is 457 Å². The Bertz CT molecular complexity index is 894. The zero-order chi connectivity index (χ0) is 51.3. The molecular formula is C57H122O6S4Si2. The molecule has 1 unspecified atom stereocenters. The van der Waals surface area contributed by atoms with Crippen molar-refractivity contribution in [3.63, 3.8) is 0 Å². The van der Waals surface area contributed by atoms with Gasteiger partial charge in [0.2, 0.25) is 0 Å². The molecule has 1 atom stereocenters. The summed E-state index contributed by atoms with van der Waals surface area (Å²) in [7, 11) is -0.981. The van der Waals surface area contributed by atoms with E-state index in [1.54, 1.807) is 21.3 Å². The van der Waals surface area contributed by atoms with Gasteiger partial charge in [0, 0.05) is 41.2 Å². The topological polar surface area (TPSA) is 55.4 Å². The summed E-state index contributed by atoms with van der Waals surface area (Å²) in [6.45, 7) is 11.1. The summed E-state index contributed by atoms with van der Waals surface area (Å²) in [5, 5.41) is 0. The van der Waals surface area contributed by atoms with Crippen molar-refractivity contribution in [1.29, 1.82) is 0 Å². The first-order chi connectivity index (χ1) is 33.7. The van der Waals surface area contributed by atoms with Gasteiger partial charge >= 0.3 is 17.6 Å². The lowest BCUT2D eigenvalue weighted by atomic mass is 10.0. The lowest BCUT2D eigenvalue weighted by molar-refractivity contribution is 0.0534. The van der Waals surface area contributed by atoms with E-state index in [1.807, 2.05) is 6.92 Å². The quantitative estimate of drug-likeness (QED) is 0.0211. The van der Waals surface area contributed by atoms with Gasteiger partial charge in [-0.3, -0.25) is 0 Å². The standard InChI is InChI=1S/C51H106O3S2Si.C6H16O3S2Si/c1-4-7-10-13-16-19-22-25-28-31-34-37-40-43-47-52-57(51(56)46-50-55,53-48-44-41-38-35-32-29-26-23-20-17-14-11-8-5-2)54-49-45-42-39-36-33-30-27-24-21-18-15-12-9-6-3;1-5-6(10,11)12(7-2,8-3)9-4/h51,55-56H,4-50H2,1-3H3;10-11H,5H2,1-4H3. The fraction of sp³-hybridized carbons (Fsp3) is 1.00. The zero-order valence-corrected chi connectivity index (χ0v) is 52.8. The van der Waals surface area contributed by atoms with E-state index in [0.717, 1.165) is 51.3 Å². The summed E-state index contributed by atoms with van der Waals surface area (Å²) in [6, 6.07) is 0. The molecular weight excluding hydrogens is 965 g/mol. The Morgan fingerprint density at radius 3 is 0.710 bits per heavy atom. The van der Waals surface area contributed by atoms with Crippen LogP contribution in [0.4, 0.5) is 0 Å². The van der Waals surface area contributed by atoms with Crippen LogP contribution >= 0.6 is 50.5 Å². The normalized spacial score (nSPS) is 12.7. The van der Waals surface area contributed by atoms with E-state index >= 15 is 0 Å². The van der Waals surface area contributed by atoms with Crippen LogP contribution in [0.1, 0.15) is 310 Å². The Morgan fingerprint density at radius 2 is 0.551 bits per heavy atom. The van der Waals surface area contributed by atoms with Crippen molar-refractivity contribution in [3.8, 4) is 0 Å². The van der Waals surface area contributed by atoms with E-state index in [2.05, 4.69) is 58.7 Å². The molecule has 0 saturated heterocycles. The van der Waals surface area contributed by atoms with Crippen molar-refractivity contribution in [2.75, 3.05) is 46.9 Å². The predicted octanol–water partition coefficient (Wildman–Crippen LogP) is 19.9. The number of unbranched alkanes of at least 4 members (excludes halogenated alkanes) is 39. The van der Waals surface area contributed by atoms with Crippen LogP contribution in [0, 0.1) is 0 Å². The van der Waals surface area contributed by atoms with Gasteiger partial charge in [-0.15, -0.1) is 0 Å². The molecule has 0 heterocycles. The summed E-state index contributed by atoms with van der Waals surface area (Å²) < 4.78 is 35.4. The maximum Gasteiger partial charge on any atom is 0.527 e. The second kappa shape index (κ2) is 55.8. The van der Waals surface area contributed by atoms with Gasteiger partial charge in [-0.05, 0) is 37.9 Å². The van der Waals surface area contributed by atoms with Crippen LogP contribution in [0.2, 0.25) is 0 Å². The van der Waals surface area contributed by atoms with Gasteiger partial charge in [0.25, 0.3) is 0 Å². The first kappa shape index (κ1) is 72.7. The van der Waals surface area contributed by atoms with Crippen LogP contribution in [-0.4, -0.2) is 73.1 Å². The summed E-state index contributed by atoms with van der Waals surface area (Å²) in [4.78, 5) is -0.0000608. The van der Waals surface area contributed by atoms with Crippen molar-refractivity contribution in [2.45, 2.75) is 319 Å². The summed E-state index contributed by atoms with van der Waals surface area (Å²) in [6.07, 6.45) is 59.1. The maximum absolute atomic E-state index is 6.77. The fourth-order valence-corrected chi connectivity index (χ4v) is 16.9. The van der Waals surface area contributed by atoms with Crippen LogP contribution in [0.3, 0.4) is 0 Å². The average Bonchev–Trinajstić information content (AvgIpc) is 3.35. The van der Waals surface area contributed by atoms with Crippen LogP contribution in [0.15, 0.2) is 0 Å². The molecule has 6 nitrogen and oxygen atoms in total. The average molecular weight is 1090 g/mol. The van der Waals surface area contributed by atoms with Crippen LogP contribution in [-0.2, 0) is 26.6 Å². The third-order valence-electron chi connectivity index (χ3n) is 14.0. The molecule has 0 aromatic heterocycles. The minimum atomic E-state index is -2.92. The Hall–Kier alpha value is 1.59. The highest BCUT2D eigenvalue weighted by Gasteiger charge is 2.55. The lowest BCUT2D eigenvalue weighted by Gasteiger charge is -2.35. The first-order valence-corrected chi connectivity index (χ1v) is 35.5. The van der Waals surface area contributed by atoms with E-state index in [-0.39, 0.29) is 4.87 Å². The highest BCUT2D eigenvalue weighted by atomic mass is 32.2. The molecule has 418 valence electrons. The highest BCUT2D eigenvalue weighted by Crippen LogP contribution is 2.36. The van der Waals surface area contributed by atoms with Gasteiger partial charge in [0.1, 0.15) is 3.70 Å². The predicted molar refractivity (Wildman–Crippen MR) is 324 cm³/mol. The molecule has 0 bridgehead atoms. The van der Waals surface area contributed by atoms with Gasteiger partial charge in [0.05, 0.1) is 4.87 Å². The molecule has 0 rings (SSSR count).